The van der Waals surface area contributed by atoms with E-state index in [9.17, 15) is 9.59 Å². The van der Waals surface area contributed by atoms with Gasteiger partial charge in [-0.25, -0.2) is 14.6 Å². The fourth-order valence-electron chi connectivity index (χ4n) is 1.04. The number of rotatable bonds is 3. The van der Waals surface area contributed by atoms with Crippen molar-refractivity contribution >= 4 is 18.0 Å². The predicted octanol–water partition coefficient (Wildman–Crippen LogP) is 1.22. The minimum absolute atomic E-state index is 0.424. The van der Waals surface area contributed by atoms with E-state index in [-0.39, 0.29) is 0 Å². The molecule has 2 N–H and O–H groups in total. The third-order valence-corrected chi connectivity index (χ3v) is 1.67. The standard InChI is InChI=1S/C11H14N2O4/c1-11(2,3)17-10(16)8(9(14)15)4-7-5-12-6-13-7/h4-6H,1-3H3,(H,12,13)(H,14,15). The zero-order chi connectivity index (χ0) is 13.1. The van der Waals surface area contributed by atoms with Crippen LogP contribution in [0.1, 0.15) is 26.5 Å². The largest absolute Gasteiger partial charge is 0.477 e. The van der Waals surface area contributed by atoms with E-state index in [1.165, 1.54) is 18.6 Å². The molecule has 0 aromatic carbocycles. The summed E-state index contributed by atoms with van der Waals surface area (Å²) in [6.45, 7) is 5.00. The molecule has 0 amide bonds. The maximum atomic E-state index is 11.6. The molecule has 0 aliphatic heterocycles. The molecule has 6 heteroatoms. The fourth-order valence-corrected chi connectivity index (χ4v) is 1.04. The van der Waals surface area contributed by atoms with Crippen LogP contribution < -0.4 is 0 Å². The molecule has 0 fully saturated rings. The number of hydrogen-bond acceptors (Lipinski definition) is 4. The Kier molecular flexibility index (Phi) is 3.67. The molecule has 1 heterocycles. The molecular weight excluding hydrogens is 224 g/mol. The summed E-state index contributed by atoms with van der Waals surface area (Å²) in [5.74, 6) is -2.21. The van der Waals surface area contributed by atoms with E-state index in [1.54, 1.807) is 20.8 Å². The van der Waals surface area contributed by atoms with E-state index in [1.807, 2.05) is 0 Å². The Balaban J connectivity index is 2.95. The third-order valence-electron chi connectivity index (χ3n) is 1.67. The van der Waals surface area contributed by atoms with Crippen LogP contribution in [0.5, 0.6) is 0 Å². The van der Waals surface area contributed by atoms with Gasteiger partial charge in [-0.05, 0) is 26.8 Å². The van der Waals surface area contributed by atoms with E-state index in [4.69, 9.17) is 9.84 Å². The first-order valence-electron chi connectivity index (χ1n) is 4.96. The lowest BCUT2D eigenvalue weighted by molar-refractivity contribution is -0.152. The summed E-state index contributed by atoms with van der Waals surface area (Å²) in [5.41, 5.74) is -0.753. The number of imidazole rings is 1. The highest BCUT2D eigenvalue weighted by atomic mass is 16.6. The molecule has 0 aliphatic carbocycles. The molecule has 0 saturated heterocycles. The van der Waals surface area contributed by atoms with Gasteiger partial charge in [0.2, 0.25) is 0 Å². The molecule has 1 rings (SSSR count). The maximum Gasteiger partial charge on any atom is 0.346 e. The van der Waals surface area contributed by atoms with Gasteiger partial charge in [0.15, 0.2) is 0 Å². The Morgan fingerprint density at radius 2 is 2.12 bits per heavy atom. The molecule has 17 heavy (non-hydrogen) atoms. The molecular formula is C11H14N2O4. The number of carbonyl (C=O) groups is 2. The Morgan fingerprint density at radius 3 is 2.53 bits per heavy atom. The topological polar surface area (TPSA) is 92.3 Å². The van der Waals surface area contributed by atoms with Crippen molar-refractivity contribution in [2.75, 3.05) is 0 Å². The van der Waals surface area contributed by atoms with Crippen LogP contribution in [0.4, 0.5) is 0 Å². The highest BCUT2D eigenvalue weighted by Crippen LogP contribution is 2.13. The minimum Gasteiger partial charge on any atom is -0.477 e. The number of carboxylic acids is 1. The number of aromatic nitrogens is 2. The molecule has 92 valence electrons. The Morgan fingerprint density at radius 1 is 1.47 bits per heavy atom. The van der Waals surface area contributed by atoms with Crippen LogP contribution in [0.25, 0.3) is 6.08 Å². The summed E-state index contributed by atoms with van der Waals surface area (Å²) < 4.78 is 4.99. The smallest absolute Gasteiger partial charge is 0.346 e. The summed E-state index contributed by atoms with van der Waals surface area (Å²) in [6, 6.07) is 0. The quantitative estimate of drug-likeness (QED) is 0.357. The van der Waals surface area contributed by atoms with Crippen molar-refractivity contribution in [3.63, 3.8) is 0 Å². The number of esters is 1. The van der Waals surface area contributed by atoms with Crippen LogP contribution in [-0.4, -0.2) is 32.6 Å². The Hall–Kier alpha value is -2.11. The van der Waals surface area contributed by atoms with Crippen LogP contribution >= 0.6 is 0 Å². The first-order valence-corrected chi connectivity index (χ1v) is 4.96. The molecule has 0 atom stereocenters. The predicted molar refractivity (Wildman–Crippen MR) is 60.0 cm³/mol. The van der Waals surface area contributed by atoms with Crippen molar-refractivity contribution in [3.05, 3.63) is 23.8 Å². The van der Waals surface area contributed by atoms with Gasteiger partial charge in [0.25, 0.3) is 0 Å². The van der Waals surface area contributed by atoms with E-state index in [0.717, 1.165) is 0 Å². The van der Waals surface area contributed by atoms with Gasteiger partial charge in [-0.1, -0.05) is 0 Å². The van der Waals surface area contributed by atoms with Gasteiger partial charge in [-0.2, -0.15) is 0 Å². The molecule has 1 aromatic rings. The summed E-state index contributed by atoms with van der Waals surface area (Å²) in [6.07, 6.45) is 3.98. The van der Waals surface area contributed by atoms with Crippen molar-refractivity contribution < 1.29 is 19.4 Å². The lowest BCUT2D eigenvalue weighted by atomic mass is 10.1. The van der Waals surface area contributed by atoms with E-state index >= 15 is 0 Å². The lowest BCUT2D eigenvalue weighted by Gasteiger charge is -2.19. The van der Waals surface area contributed by atoms with Gasteiger partial charge in [0.05, 0.1) is 18.2 Å². The van der Waals surface area contributed by atoms with Gasteiger partial charge in [0.1, 0.15) is 11.2 Å². The number of hydrogen-bond donors (Lipinski definition) is 2. The third kappa shape index (κ3) is 4.10. The number of aromatic amines is 1. The molecule has 0 radical (unpaired) electrons. The number of carbonyl (C=O) groups excluding carboxylic acids is 1. The number of ether oxygens (including phenoxy) is 1. The summed E-state index contributed by atoms with van der Waals surface area (Å²) in [7, 11) is 0. The second-order valence-corrected chi connectivity index (χ2v) is 4.37. The Labute approximate surface area is 98.3 Å². The van der Waals surface area contributed by atoms with E-state index < -0.39 is 23.1 Å². The number of carboxylic acid groups (broad SMARTS) is 1. The maximum absolute atomic E-state index is 11.6. The molecule has 0 aliphatic rings. The van der Waals surface area contributed by atoms with Gasteiger partial charge in [0, 0.05) is 0 Å². The minimum atomic E-state index is -1.34. The Bertz CT molecular complexity index is 441. The second kappa shape index (κ2) is 4.82. The van der Waals surface area contributed by atoms with Crippen molar-refractivity contribution in [1.29, 1.82) is 0 Å². The lowest BCUT2D eigenvalue weighted by Crippen LogP contribution is -2.27. The number of nitrogens with zero attached hydrogens (tertiary/aromatic N) is 1. The number of nitrogens with one attached hydrogen (secondary N) is 1. The zero-order valence-electron chi connectivity index (χ0n) is 9.85. The van der Waals surface area contributed by atoms with Crippen molar-refractivity contribution in [3.8, 4) is 0 Å². The van der Waals surface area contributed by atoms with Crippen molar-refractivity contribution in [2.24, 2.45) is 0 Å². The second-order valence-electron chi connectivity index (χ2n) is 4.37. The molecule has 0 unspecified atom stereocenters. The summed E-state index contributed by atoms with van der Waals surface area (Å²) in [4.78, 5) is 29.0. The zero-order valence-corrected chi connectivity index (χ0v) is 9.85. The highest BCUT2D eigenvalue weighted by Gasteiger charge is 2.24. The number of aliphatic carboxylic acids is 1. The van der Waals surface area contributed by atoms with Gasteiger partial charge >= 0.3 is 11.9 Å². The first-order chi connectivity index (χ1) is 7.79. The molecule has 0 saturated carbocycles. The van der Waals surface area contributed by atoms with E-state index in [2.05, 4.69) is 9.97 Å². The van der Waals surface area contributed by atoms with Gasteiger partial charge in [-0.3, -0.25) is 0 Å². The van der Waals surface area contributed by atoms with Gasteiger partial charge in [-0.15, -0.1) is 0 Å². The summed E-state index contributed by atoms with van der Waals surface area (Å²) >= 11 is 0. The molecule has 1 aromatic heterocycles. The first kappa shape index (κ1) is 13.0. The molecule has 0 bridgehead atoms. The van der Waals surface area contributed by atoms with E-state index in [0.29, 0.717) is 5.69 Å². The fraction of sp³-hybridized carbons (Fsp3) is 0.364. The number of H-pyrrole nitrogens is 1. The van der Waals surface area contributed by atoms with Crippen LogP contribution in [-0.2, 0) is 14.3 Å². The van der Waals surface area contributed by atoms with Crippen LogP contribution in [0, 0.1) is 0 Å². The van der Waals surface area contributed by atoms with Crippen LogP contribution in [0.2, 0.25) is 0 Å². The van der Waals surface area contributed by atoms with Gasteiger partial charge < -0.3 is 14.8 Å². The highest BCUT2D eigenvalue weighted by molar-refractivity contribution is 6.16. The average Bonchev–Trinajstić information content (AvgIpc) is 2.62. The normalized spacial score (nSPS) is 12.3. The molecule has 0 spiro atoms. The van der Waals surface area contributed by atoms with Crippen LogP contribution in [0.15, 0.2) is 18.1 Å². The monoisotopic (exact) mass is 238 g/mol. The summed E-state index contributed by atoms with van der Waals surface area (Å²) in [5, 5.41) is 8.94. The van der Waals surface area contributed by atoms with Crippen molar-refractivity contribution in [2.45, 2.75) is 26.4 Å². The molecule has 6 nitrogen and oxygen atoms in total. The average molecular weight is 238 g/mol. The SMILES string of the molecule is CC(C)(C)OC(=O)C(=Cc1cnc[nH]1)C(=O)O. The van der Waals surface area contributed by atoms with Crippen molar-refractivity contribution in [1.82, 2.24) is 9.97 Å². The van der Waals surface area contributed by atoms with Crippen LogP contribution in [0.3, 0.4) is 0 Å².